The molecule has 24 heavy (non-hydrogen) atoms. The molecule has 0 spiro atoms. The summed E-state index contributed by atoms with van der Waals surface area (Å²) in [5.41, 5.74) is 5.15. The van der Waals surface area contributed by atoms with E-state index in [4.69, 9.17) is 0 Å². The fraction of sp³-hybridized carbons (Fsp3) is 0.0526. The third-order valence-electron chi connectivity index (χ3n) is 3.92. The van der Waals surface area contributed by atoms with Crippen molar-refractivity contribution in [3.63, 3.8) is 0 Å². The number of nitrogens with zero attached hydrogens (tertiary/aromatic N) is 4. The van der Waals surface area contributed by atoms with Crippen LogP contribution < -0.4 is 0 Å². The molecule has 116 valence electrons. The van der Waals surface area contributed by atoms with Crippen LogP contribution in [0, 0.1) is 0 Å². The second-order valence-electron chi connectivity index (χ2n) is 5.54. The molecule has 0 amide bonds. The minimum atomic E-state index is 0.0393. The van der Waals surface area contributed by atoms with Crippen LogP contribution in [0.2, 0.25) is 0 Å². The lowest BCUT2D eigenvalue weighted by Gasteiger charge is -2.04. The zero-order chi connectivity index (χ0) is 16.5. The molecule has 0 saturated carbocycles. The molecule has 0 fully saturated rings. The zero-order valence-corrected chi connectivity index (χ0v) is 13.0. The molecule has 0 radical (unpaired) electrons. The Labute approximate surface area is 138 Å². The van der Waals surface area contributed by atoms with E-state index in [1.165, 1.54) is 0 Å². The minimum absolute atomic E-state index is 0.0393. The first kappa shape index (κ1) is 14.3. The summed E-state index contributed by atoms with van der Waals surface area (Å²) in [5, 5.41) is 4.51. The van der Waals surface area contributed by atoms with E-state index in [1.807, 2.05) is 42.5 Å². The number of rotatable bonds is 3. The molecule has 0 aliphatic rings. The largest absolute Gasteiger partial charge is 0.295 e. The highest BCUT2D eigenvalue weighted by Crippen LogP contribution is 2.24. The molecule has 0 saturated heterocycles. The standard InChI is InChI=1S/C19H14N4O/c1-13(24)14-4-2-5-15(8-14)18-12-21-19-9-17(11-22-23(18)19)16-6-3-7-20-10-16/h2-12H,1H3. The third-order valence-corrected chi connectivity index (χ3v) is 3.92. The van der Waals surface area contributed by atoms with Gasteiger partial charge in [0.2, 0.25) is 0 Å². The van der Waals surface area contributed by atoms with Gasteiger partial charge in [-0.1, -0.05) is 24.3 Å². The summed E-state index contributed by atoms with van der Waals surface area (Å²) >= 11 is 0. The maximum atomic E-state index is 11.6. The van der Waals surface area contributed by atoms with Crippen LogP contribution in [0.5, 0.6) is 0 Å². The van der Waals surface area contributed by atoms with Crippen LogP contribution >= 0.6 is 0 Å². The van der Waals surface area contributed by atoms with Crippen molar-refractivity contribution >= 4 is 11.4 Å². The number of benzene rings is 1. The fourth-order valence-corrected chi connectivity index (χ4v) is 2.66. The number of carbonyl (C=O) groups is 1. The van der Waals surface area contributed by atoms with Crippen LogP contribution in [0.15, 0.2) is 67.3 Å². The second kappa shape index (κ2) is 5.70. The lowest BCUT2D eigenvalue weighted by Crippen LogP contribution is -1.96. The van der Waals surface area contributed by atoms with Gasteiger partial charge in [-0.25, -0.2) is 9.50 Å². The van der Waals surface area contributed by atoms with Crippen molar-refractivity contribution in [2.75, 3.05) is 0 Å². The first-order valence-electron chi connectivity index (χ1n) is 7.58. The number of ketones is 1. The van der Waals surface area contributed by atoms with Crippen LogP contribution in [-0.2, 0) is 0 Å². The normalized spacial score (nSPS) is 10.9. The van der Waals surface area contributed by atoms with E-state index in [0.717, 1.165) is 28.0 Å². The quantitative estimate of drug-likeness (QED) is 0.541. The molecule has 3 heterocycles. The van der Waals surface area contributed by atoms with E-state index in [-0.39, 0.29) is 5.78 Å². The zero-order valence-electron chi connectivity index (χ0n) is 13.0. The van der Waals surface area contributed by atoms with E-state index in [0.29, 0.717) is 5.56 Å². The molecule has 1 aromatic carbocycles. The van der Waals surface area contributed by atoms with Crippen LogP contribution in [0.25, 0.3) is 28.0 Å². The fourth-order valence-electron chi connectivity index (χ4n) is 2.66. The van der Waals surface area contributed by atoms with Gasteiger partial charge in [-0.05, 0) is 25.1 Å². The highest BCUT2D eigenvalue weighted by atomic mass is 16.1. The Morgan fingerprint density at radius 1 is 0.958 bits per heavy atom. The van der Waals surface area contributed by atoms with Gasteiger partial charge in [0.25, 0.3) is 0 Å². The smallest absolute Gasteiger partial charge is 0.159 e. The molecule has 5 heteroatoms. The number of hydrogen-bond donors (Lipinski definition) is 0. The molecule has 0 atom stereocenters. The molecule has 5 nitrogen and oxygen atoms in total. The first-order valence-corrected chi connectivity index (χ1v) is 7.58. The average Bonchev–Trinajstić information content (AvgIpc) is 3.05. The van der Waals surface area contributed by atoms with E-state index in [1.54, 1.807) is 36.2 Å². The SMILES string of the molecule is CC(=O)c1cccc(-c2cnc3cc(-c4cccnc4)cnn23)c1. The molecule has 0 unspecified atom stereocenters. The second-order valence-corrected chi connectivity index (χ2v) is 5.54. The highest BCUT2D eigenvalue weighted by molar-refractivity contribution is 5.95. The summed E-state index contributed by atoms with van der Waals surface area (Å²) in [5.74, 6) is 0.0393. The monoisotopic (exact) mass is 314 g/mol. The number of carbonyl (C=O) groups excluding carboxylic acids is 1. The predicted molar refractivity (Wildman–Crippen MR) is 91.7 cm³/mol. The topological polar surface area (TPSA) is 60.2 Å². The molecule has 0 aliphatic carbocycles. The van der Waals surface area contributed by atoms with Gasteiger partial charge in [0.15, 0.2) is 11.4 Å². The summed E-state index contributed by atoms with van der Waals surface area (Å²) in [6, 6.07) is 13.3. The van der Waals surface area contributed by atoms with Gasteiger partial charge >= 0.3 is 0 Å². The number of pyridine rings is 1. The molecular weight excluding hydrogens is 300 g/mol. The predicted octanol–water partition coefficient (Wildman–Crippen LogP) is 3.66. The Kier molecular flexibility index (Phi) is 3.39. The summed E-state index contributed by atoms with van der Waals surface area (Å²) in [6.45, 7) is 1.56. The Balaban J connectivity index is 1.81. The van der Waals surface area contributed by atoms with Crippen LogP contribution in [-0.4, -0.2) is 25.4 Å². The van der Waals surface area contributed by atoms with Gasteiger partial charge in [0.05, 0.1) is 18.1 Å². The number of aromatic nitrogens is 4. The Morgan fingerprint density at radius 2 is 1.83 bits per heavy atom. The van der Waals surface area contributed by atoms with Gasteiger partial charge < -0.3 is 0 Å². The number of hydrogen-bond acceptors (Lipinski definition) is 4. The van der Waals surface area contributed by atoms with Crippen molar-refractivity contribution in [3.05, 3.63) is 72.8 Å². The van der Waals surface area contributed by atoms with Gasteiger partial charge in [-0.3, -0.25) is 9.78 Å². The molecule has 3 aromatic heterocycles. The van der Waals surface area contributed by atoms with Crippen molar-refractivity contribution < 1.29 is 4.79 Å². The summed E-state index contributed by atoms with van der Waals surface area (Å²) in [4.78, 5) is 20.2. The summed E-state index contributed by atoms with van der Waals surface area (Å²) in [7, 11) is 0. The van der Waals surface area contributed by atoms with Crippen molar-refractivity contribution in [1.29, 1.82) is 0 Å². The summed E-state index contributed by atoms with van der Waals surface area (Å²) in [6.07, 6.45) is 7.11. The summed E-state index contributed by atoms with van der Waals surface area (Å²) < 4.78 is 1.78. The molecular formula is C19H14N4O. The minimum Gasteiger partial charge on any atom is -0.295 e. The van der Waals surface area contributed by atoms with E-state index in [9.17, 15) is 4.79 Å². The maximum Gasteiger partial charge on any atom is 0.159 e. The molecule has 0 bridgehead atoms. The van der Waals surface area contributed by atoms with Crippen molar-refractivity contribution in [2.24, 2.45) is 0 Å². The molecule has 0 aliphatic heterocycles. The van der Waals surface area contributed by atoms with E-state index >= 15 is 0 Å². The highest BCUT2D eigenvalue weighted by Gasteiger charge is 2.10. The maximum absolute atomic E-state index is 11.6. The number of imidazole rings is 1. The lowest BCUT2D eigenvalue weighted by atomic mass is 10.1. The van der Waals surface area contributed by atoms with Crippen LogP contribution in [0.1, 0.15) is 17.3 Å². The van der Waals surface area contributed by atoms with Gasteiger partial charge in [-0.2, -0.15) is 5.10 Å². The molecule has 0 N–H and O–H groups in total. The average molecular weight is 314 g/mol. The number of fused-ring (bicyclic) bond motifs is 1. The van der Waals surface area contributed by atoms with Gasteiger partial charge in [-0.15, -0.1) is 0 Å². The molecule has 4 aromatic rings. The third kappa shape index (κ3) is 2.46. The Morgan fingerprint density at radius 3 is 2.62 bits per heavy atom. The lowest BCUT2D eigenvalue weighted by molar-refractivity contribution is 0.101. The van der Waals surface area contributed by atoms with E-state index < -0.39 is 0 Å². The van der Waals surface area contributed by atoms with E-state index in [2.05, 4.69) is 15.1 Å². The Hall–Kier alpha value is -3.34. The molecule has 4 rings (SSSR count). The van der Waals surface area contributed by atoms with Crippen LogP contribution in [0.4, 0.5) is 0 Å². The van der Waals surface area contributed by atoms with Crippen molar-refractivity contribution in [2.45, 2.75) is 6.92 Å². The van der Waals surface area contributed by atoms with Gasteiger partial charge in [0.1, 0.15) is 0 Å². The number of Topliss-reactive ketones (excluding diaryl/α,β-unsaturated/α-hetero) is 1. The van der Waals surface area contributed by atoms with Crippen molar-refractivity contribution in [1.82, 2.24) is 19.6 Å². The van der Waals surface area contributed by atoms with Crippen LogP contribution in [0.3, 0.4) is 0 Å². The van der Waals surface area contributed by atoms with Gasteiger partial charge in [0, 0.05) is 34.6 Å². The first-order chi connectivity index (χ1) is 11.7. The van der Waals surface area contributed by atoms with Crippen molar-refractivity contribution in [3.8, 4) is 22.4 Å². The Bertz CT molecular complexity index is 1040.